The highest BCUT2D eigenvalue weighted by molar-refractivity contribution is 5.76. The van der Waals surface area contributed by atoms with Crippen LogP contribution in [0.3, 0.4) is 0 Å². The first kappa shape index (κ1) is 24.9. The van der Waals surface area contributed by atoms with Crippen molar-refractivity contribution < 1.29 is 28.8 Å². The zero-order chi connectivity index (χ0) is 24.5. The van der Waals surface area contributed by atoms with Crippen LogP contribution in [-0.2, 0) is 14.3 Å². The number of likely N-dealkylation sites (tertiary alicyclic amines) is 1. The summed E-state index contributed by atoms with van der Waals surface area (Å²) in [6, 6.07) is 6.70. The number of carbonyl (C=O) groups excluding carboxylic acids is 1. The van der Waals surface area contributed by atoms with E-state index in [-0.39, 0.29) is 24.7 Å². The Hall–Kier alpha value is -3.23. The van der Waals surface area contributed by atoms with Crippen molar-refractivity contribution in [2.45, 2.75) is 44.2 Å². The maximum atomic E-state index is 12.8. The van der Waals surface area contributed by atoms with Crippen LogP contribution >= 0.6 is 0 Å². The topological polar surface area (TPSA) is 89.5 Å². The van der Waals surface area contributed by atoms with E-state index >= 15 is 0 Å². The Labute approximate surface area is 206 Å². The Kier molecular flexibility index (Phi) is 8.86. The lowest BCUT2D eigenvalue weighted by Crippen LogP contribution is -2.51. The molecule has 2 atom stereocenters. The molecule has 1 fully saturated rings. The van der Waals surface area contributed by atoms with E-state index < -0.39 is 12.1 Å². The average molecular weight is 483 g/mol. The minimum atomic E-state index is -1.05. The van der Waals surface area contributed by atoms with E-state index in [0.717, 1.165) is 44.3 Å². The molecule has 1 amide bonds. The highest BCUT2D eigenvalue weighted by Crippen LogP contribution is 2.28. The summed E-state index contributed by atoms with van der Waals surface area (Å²) in [7, 11) is 1.59. The number of ether oxygens (including phenoxy) is 4. The molecule has 8 nitrogen and oxygen atoms in total. The lowest BCUT2D eigenvalue weighted by atomic mass is 10.0. The smallest absolute Gasteiger partial charge is 0.223 e. The zero-order valence-electron chi connectivity index (χ0n) is 20.2. The van der Waals surface area contributed by atoms with Gasteiger partial charge in [0, 0.05) is 12.6 Å². The molecule has 0 radical (unpaired) electrons. The Morgan fingerprint density at radius 2 is 2.06 bits per heavy atom. The van der Waals surface area contributed by atoms with Crippen LogP contribution in [0.1, 0.15) is 32.1 Å². The molecular weight excluding hydrogens is 448 g/mol. The normalized spacial score (nSPS) is 19.4. The van der Waals surface area contributed by atoms with Gasteiger partial charge in [-0.15, -0.1) is 0 Å². The number of nitrogens with zero attached hydrogens (tertiary/aromatic N) is 1. The minimum absolute atomic E-state index is 0.154. The molecule has 3 aliphatic rings. The molecule has 0 bridgehead atoms. The SMILES string of the molecule is COc1cccc(OCCC(=O)N[C@H](CN2CCCC2)[C@@H](O)C2=COC=C(C3=CC=CCC3)O2)c1. The van der Waals surface area contributed by atoms with Gasteiger partial charge in [0.25, 0.3) is 0 Å². The van der Waals surface area contributed by atoms with Gasteiger partial charge < -0.3 is 34.3 Å². The van der Waals surface area contributed by atoms with Crippen LogP contribution in [0, 0.1) is 0 Å². The Bertz CT molecular complexity index is 993. The van der Waals surface area contributed by atoms with Crippen molar-refractivity contribution in [3.63, 3.8) is 0 Å². The Balaban J connectivity index is 1.35. The van der Waals surface area contributed by atoms with Crippen molar-refractivity contribution in [2.75, 3.05) is 33.4 Å². The first-order valence-corrected chi connectivity index (χ1v) is 12.2. The molecule has 2 N–H and O–H groups in total. The second kappa shape index (κ2) is 12.5. The van der Waals surface area contributed by atoms with Gasteiger partial charge in [-0.3, -0.25) is 4.79 Å². The van der Waals surface area contributed by atoms with Crippen LogP contribution in [0.25, 0.3) is 0 Å². The number of methoxy groups -OCH3 is 1. The predicted octanol–water partition coefficient (Wildman–Crippen LogP) is 3.41. The molecule has 35 heavy (non-hydrogen) atoms. The summed E-state index contributed by atoms with van der Waals surface area (Å²) in [4.78, 5) is 15.0. The molecule has 0 spiro atoms. The summed E-state index contributed by atoms with van der Waals surface area (Å²) in [6.45, 7) is 2.62. The van der Waals surface area contributed by atoms with Crippen molar-refractivity contribution in [2.24, 2.45) is 0 Å². The van der Waals surface area contributed by atoms with Gasteiger partial charge in [-0.05, 0) is 56.5 Å². The van der Waals surface area contributed by atoms with E-state index in [0.29, 0.717) is 23.8 Å². The molecule has 0 aromatic heterocycles. The van der Waals surface area contributed by atoms with Gasteiger partial charge >= 0.3 is 0 Å². The number of hydrogen-bond acceptors (Lipinski definition) is 7. The molecule has 2 heterocycles. The van der Waals surface area contributed by atoms with E-state index in [9.17, 15) is 9.90 Å². The van der Waals surface area contributed by atoms with Gasteiger partial charge in [0.2, 0.25) is 5.91 Å². The minimum Gasteiger partial charge on any atom is -0.497 e. The second-order valence-electron chi connectivity index (χ2n) is 8.80. The first-order chi connectivity index (χ1) is 17.1. The zero-order valence-corrected chi connectivity index (χ0v) is 20.2. The summed E-state index contributed by atoms with van der Waals surface area (Å²) >= 11 is 0. The number of aliphatic hydroxyl groups excluding tert-OH is 1. The molecule has 1 aromatic rings. The number of hydrogen-bond donors (Lipinski definition) is 2. The number of allylic oxidation sites excluding steroid dienone is 4. The lowest BCUT2D eigenvalue weighted by Gasteiger charge is -2.30. The van der Waals surface area contributed by atoms with Crippen LogP contribution in [-0.4, -0.2) is 61.4 Å². The molecule has 4 rings (SSSR count). The molecule has 0 saturated carbocycles. The molecule has 1 aliphatic carbocycles. The van der Waals surface area contributed by atoms with E-state index in [2.05, 4.69) is 16.3 Å². The molecule has 0 unspecified atom stereocenters. The Morgan fingerprint density at radius 1 is 1.23 bits per heavy atom. The van der Waals surface area contributed by atoms with Gasteiger partial charge in [-0.2, -0.15) is 0 Å². The average Bonchev–Trinajstić information content (AvgIpc) is 3.42. The second-order valence-corrected chi connectivity index (χ2v) is 8.80. The number of aliphatic hydroxyl groups is 1. The maximum Gasteiger partial charge on any atom is 0.223 e. The number of amides is 1. The summed E-state index contributed by atoms with van der Waals surface area (Å²) in [5.74, 6) is 2.00. The van der Waals surface area contributed by atoms with Crippen molar-refractivity contribution in [3.8, 4) is 11.5 Å². The molecular formula is C27H34N2O6. The summed E-state index contributed by atoms with van der Waals surface area (Å²) in [6.07, 6.45) is 12.1. The number of benzene rings is 1. The third-order valence-electron chi connectivity index (χ3n) is 6.23. The molecule has 8 heteroatoms. The summed E-state index contributed by atoms with van der Waals surface area (Å²) < 4.78 is 22.4. The molecule has 1 saturated heterocycles. The maximum absolute atomic E-state index is 12.8. The van der Waals surface area contributed by atoms with Crippen molar-refractivity contribution >= 4 is 5.91 Å². The molecule has 188 valence electrons. The fourth-order valence-electron chi connectivity index (χ4n) is 4.31. The third-order valence-corrected chi connectivity index (χ3v) is 6.23. The van der Waals surface area contributed by atoms with Crippen LogP contribution in [0.4, 0.5) is 0 Å². The Morgan fingerprint density at radius 3 is 2.83 bits per heavy atom. The van der Waals surface area contributed by atoms with Crippen LogP contribution in [0.2, 0.25) is 0 Å². The monoisotopic (exact) mass is 482 g/mol. The highest BCUT2D eigenvalue weighted by Gasteiger charge is 2.31. The van der Waals surface area contributed by atoms with Gasteiger partial charge in [0.1, 0.15) is 30.1 Å². The van der Waals surface area contributed by atoms with Gasteiger partial charge in [0.05, 0.1) is 26.2 Å². The van der Waals surface area contributed by atoms with E-state index in [1.165, 1.54) is 6.26 Å². The van der Waals surface area contributed by atoms with Gasteiger partial charge in [0.15, 0.2) is 11.5 Å². The van der Waals surface area contributed by atoms with Crippen molar-refractivity contribution in [1.29, 1.82) is 0 Å². The van der Waals surface area contributed by atoms with Gasteiger partial charge in [-0.1, -0.05) is 24.3 Å². The van der Waals surface area contributed by atoms with Gasteiger partial charge in [-0.25, -0.2) is 0 Å². The highest BCUT2D eigenvalue weighted by atomic mass is 16.6. The van der Waals surface area contributed by atoms with Crippen LogP contribution in [0.5, 0.6) is 11.5 Å². The summed E-state index contributed by atoms with van der Waals surface area (Å²) in [5.41, 5.74) is 1.01. The summed E-state index contributed by atoms with van der Waals surface area (Å²) in [5, 5.41) is 14.2. The molecule has 1 aromatic carbocycles. The van der Waals surface area contributed by atoms with Crippen LogP contribution in [0.15, 0.2) is 72.1 Å². The van der Waals surface area contributed by atoms with Crippen molar-refractivity contribution in [1.82, 2.24) is 10.2 Å². The van der Waals surface area contributed by atoms with E-state index in [1.807, 2.05) is 30.4 Å². The third kappa shape index (κ3) is 7.13. The molecule has 2 aliphatic heterocycles. The van der Waals surface area contributed by atoms with E-state index in [4.69, 9.17) is 18.9 Å². The lowest BCUT2D eigenvalue weighted by molar-refractivity contribution is -0.123. The number of nitrogens with one attached hydrogen (secondary N) is 1. The van der Waals surface area contributed by atoms with Crippen LogP contribution < -0.4 is 14.8 Å². The van der Waals surface area contributed by atoms with Crippen molar-refractivity contribution in [3.05, 3.63) is 72.1 Å². The quantitative estimate of drug-likeness (QED) is 0.500. The fourth-order valence-corrected chi connectivity index (χ4v) is 4.31. The van der Waals surface area contributed by atoms with E-state index in [1.54, 1.807) is 19.4 Å². The largest absolute Gasteiger partial charge is 0.497 e. The number of carbonyl (C=O) groups is 1. The standard InChI is InChI=1S/C27H34N2O6/c1-32-21-10-7-11-22(16-21)34-15-12-26(30)28-23(17-29-13-5-6-14-29)27(31)25-19-33-18-24(35-25)20-8-3-2-4-9-20/h2-3,7-8,10-11,16,18-19,23,27,31H,4-6,9,12-15,17H2,1H3,(H,28,30)/t23-,27-/m1/s1. The fraction of sp³-hybridized carbons (Fsp3) is 0.444. The number of rotatable bonds is 11. The predicted molar refractivity (Wildman–Crippen MR) is 132 cm³/mol. The first-order valence-electron chi connectivity index (χ1n) is 12.2.